The van der Waals surface area contributed by atoms with E-state index in [4.69, 9.17) is 4.74 Å². The molecule has 1 amide bonds. The number of hydrogen-bond donors (Lipinski definition) is 1. The van der Waals surface area contributed by atoms with E-state index in [0.717, 1.165) is 11.6 Å². The highest BCUT2D eigenvalue weighted by atomic mass is 16.6. The third-order valence-corrected chi connectivity index (χ3v) is 4.38. The minimum absolute atomic E-state index is 0.103. The number of nitro benzene ring substituents is 1. The lowest BCUT2D eigenvalue weighted by Gasteiger charge is -2.08. The van der Waals surface area contributed by atoms with Crippen molar-refractivity contribution in [2.45, 2.75) is 6.92 Å². The van der Waals surface area contributed by atoms with Crippen molar-refractivity contribution in [1.82, 2.24) is 0 Å². The zero-order valence-corrected chi connectivity index (χ0v) is 16.5. The van der Waals surface area contributed by atoms with Crippen LogP contribution in [0.4, 0.5) is 11.4 Å². The maximum absolute atomic E-state index is 12.4. The third-order valence-electron chi connectivity index (χ3n) is 4.38. The number of anilines is 1. The number of hydrogen-bond acceptors (Lipinski definition) is 6. The summed E-state index contributed by atoms with van der Waals surface area (Å²) in [5.74, 6) is -1.61. The molecule has 0 saturated heterocycles. The number of carbonyl (C=O) groups is 3. The lowest BCUT2D eigenvalue weighted by molar-refractivity contribution is -0.384. The first kappa shape index (κ1) is 21.4. The van der Waals surface area contributed by atoms with Crippen LogP contribution >= 0.6 is 0 Å². The Balaban J connectivity index is 1.64. The quantitative estimate of drug-likeness (QED) is 0.266. The number of aryl methyl sites for hydroxylation is 1. The SMILES string of the molecule is Cc1ccc(C(=O)COC(=O)c2cccc(NC(=O)c3cccc([N+](=O)[O-])c3)c2)cc1. The molecule has 0 atom stereocenters. The summed E-state index contributed by atoms with van der Waals surface area (Å²) in [5.41, 5.74) is 1.80. The second-order valence-corrected chi connectivity index (χ2v) is 6.71. The molecule has 156 valence electrons. The number of benzene rings is 3. The van der Waals surface area contributed by atoms with Crippen molar-refractivity contribution in [3.05, 3.63) is 105 Å². The van der Waals surface area contributed by atoms with Gasteiger partial charge in [0, 0.05) is 28.9 Å². The van der Waals surface area contributed by atoms with Gasteiger partial charge in [-0.3, -0.25) is 19.7 Å². The number of carbonyl (C=O) groups excluding carboxylic acids is 3. The van der Waals surface area contributed by atoms with Gasteiger partial charge in [0.05, 0.1) is 10.5 Å². The average molecular weight is 418 g/mol. The molecule has 8 heteroatoms. The first-order valence-corrected chi connectivity index (χ1v) is 9.26. The number of ether oxygens (including phenoxy) is 1. The summed E-state index contributed by atoms with van der Waals surface area (Å²) >= 11 is 0. The van der Waals surface area contributed by atoms with Gasteiger partial charge in [0.1, 0.15) is 0 Å². The zero-order valence-electron chi connectivity index (χ0n) is 16.5. The van der Waals surface area contributed by atoms with E-state index < -0.39 is 23.4 Å². The number of non-ortho nitro benzene ring substituents is 1. The van der Waals surface area contributed by atoms with Crippen LogP contribution in [0.2, 0.25) is 0 Å². The van der Waals surface area contributed by atoms with E-state index in [0.29, 0.717) is 11.3 Å². The average Bonchev–Trinajstić information content (AvgIpc) is 2.78. The molecular weight excluding hydrogens is 400 g/mol. The molecule has 0 spiro atoms. The first-order chi connectivity index (χ1) is 14.8. The fourth-order valence-corrected chi connectivity index (χ4v) is 2.73. The van der Waals surface area contributed by atoms with E-state index >= 15 is 0 Å². The highest BCUT2D eigenvalue weighted by Gasteiger charge is 2.15. The molecule has 0 saturated carbocycles. The number of nitro groups is 1. The van der Waals surface area contributed by atoms with Crippen molar-refractivity contribution in [2.75, 3.05) is 11.9 Å². The Morgan fingerprint density at radius 1 is 0.903 bits per heavy atom. The van der Waals surface area contributed by atoms with Gasteiger partial charge in [-0.05, 0) is 31.2 Å². The van der Waals surface area contributed by atoms with E-state index in [1.807, 2.05) is 6.92 Å². The summed E-state index contributed by atoms with van der Waals surface area (Å²) in [6.07, 6.45) is 0. The van der Waals surface area contributed by atoms with Gasteiger partial charge < -0.3 is 10.1 Å². The molecular formula is C23H18N2O6. The van der Waals surface area contributed by atoms with Crippen molar-refractivity contribution in [1.29, 1.82) is 0 Å². The van der Waals surface area contributed by atoms with Gasteiger partial charge in [-0.2, -0.15) is 0 Å². The van der Waals surface area contributed by atoms with Crippen molar-refractivity contribution in [2.24, 2.45) is 0 Å². The standard InChI is InChI=1S/C23H18N2O6/c1-15-8-10-16(11-9-15)21(26)14-31-23(28)18-5-2-6-19(12-18)24-22(27)17-4-3-7-20(13-17)25(29)30/h2-13H,14H2,1H3,(H,24,27). The van der Waals surface area contributed by atoms with Crippen molar-refractivity contribution >= 4 is 29.0 Å². The molecule has 0 aromatic heterocycles. The molecule has 0 fully saturated rings. The summed E-state index contributed by atoms with van der Waals surface area (Å²) in [7, 11) is 0. The maximum Gasteiger partial charge on any atom is 0.338 e. The summed E-state index contributed by atoms with van der Waals surface area (Å²) in [6, 6.07) is 18.2. The predicted molar refractivity (Wildman–Crippen MR) is 113 cm³/mol. The van der Waals surface area contributed by atoms with Crippen LogP contribution in [0, 0.1) is 17.0 Å². The highest BCUT2D eigenvalue weighted by molar-refractivity contribution is 6.05. The molecule has 0 aliphatic heterocycles. The molecule has 3 aromatic rings. The minimum Gasteiger partial charge on any atom is -0.454 e. The lowest BCUT2D eigenvalue weighted by Crippen LogP contribution is -2.15. The summed E-state index contributed by atoms with van der Waals surface area (Å²) in [4.78, 5) is 47.1. The first-order valence-electron chi connectivity index (χ1n) is 9.26. The molecule has 0 unspecified atom stereocenters. The number of esters is 1. The predicted octanol–water partition coefficient (Wildman–Crippen LogP) is 4.20. The zero-order chi connectivity index (χ0) is 22.4. The van der Waals surface area contributed by atoms with Crippen molar-refractivity contribution in [3.63, 3.8) is 0 Å². The van der Waals surface area contributed by atoms with Crippen molar-refractivity contribution < 1.29 is 24.0 Å². The van der Waals surface area contributed by atoms with Gasteiger partial charge in [0.15, 0.2) is 12.4 Å². The Hall–Kier alpha value is -4.33. The van der Waals surface area contributed by atoms with Crippen LogP contribution in [0.15, 0.2) is 72.8 Å². The highest BCUT2D eigenvalue weighted by Crippen LogP contribution is 2.17. The number of nitrogens with zero attached hydrogens (tertiary/aromatic N) is 1. The van der Waals surface area contributed by atoms with Crippen LogP contribution in [-0.4, -0.2) is 29.2 Å². The molecule has 0 aliphatic carbocycles. The van der Waals surface area contributed by atoms with Crippen LogP contribution in [0.25, 0.3) is 0 Å². The molecule has 3 aromatic carbocycles. The Morgan fingerprint density at radius 3 is 2.29 bits per heavy atom. The van der Waals surface area contributed by atoms with Gasteiger partial charge >= 0.3 is 5.97 Å². The summed E-state index contributed by atoms with van der Waals surface area (Å²) in [6.45, 7) is 1.49. The molecule has 1 N–H and O–H groups in total. The third kappa shape index (κ3) is 5.60. The molecule has 0 heterocycles. The number of rotatable bonds is 7. The summed E-state index contributed by atoms with van der Waals surface area (Å²) < 4.78 is 5.09. The second-order valence-electron chi connectivity index (χ2n) is 6.71. The van der Waals surface area contributed by atoms with Gasteiger partial charge in [0.25, 0.3) is 11.6 Å². The van der Waals surface area contributed by atoms with Crippen LogP contribution in [0.5, 0.6) is 0 Å². The maximum atomic E-state index is 12.4. The number of Topliss-reactive ketones (excluding diaryl/α,β-unsaturated/α-hetero) is 1. The van der Waals surface area contributed by atoms with Gasteiger partial charge in [-0.1, -0.05) is 42.0 Å². The number of amides is 1. The van der Waals surface area contributed by atoms with E-state index in [2.05, 4.69) is 5.32 Å². The lowest BCUT2D eigenvalue weighted by atomic mass is 10.1. The topological polar surface area (TPSA) is 116 Å². The van der Waals surface area contributed by atoms with E-state index in [1.54, 1.807) is 36.4 Å². The summed E-state index contributed by atoms with van der Waals surface area (Å²) in [5, 5.41) is 13.4. The van der Waals surface area contributed by atoms with Crippen LogP contribution < -0.4 is 5.32 Å². The van der Waals surface area contributed by atoms with Crippen LogP contribution in [0.1, 0.15) is 36.6 Å². The molecule has 0 bridgehead atoms. The Morgan fingerprint density at radius 2 is 1.58 bits per heavy atom. The largest absolute Gasteiger partial charge is 0.454 e. The van der Waals surface area contributed by atoms with E-state index in [-0.39, 0.29) is 22.6 Å². The Bertz CT molecular complexity index is 1150. The Labute approximate surface area is 177 Å². The van der Waals surface area contributed by atoms with E-state index in [1.165, 1.54) is 30.3 Å². The molecule has 0 aliphatic rings. The molecule has 0 radical (unpaired) electrons. The number of ketones is 1. The normalized spacial score (nSPS) is 10.2. The van der Waals surface area contributed by atoms with E-state index in [9.17, 15) is 24.5 Å². The smallest absolute Gasteiger partial charge is 0.338 e. The van der Waals surface area contributed by atoms with Crippen molar-refractivity contribution in [3.8, 4) is 0 Å². The van der Waals surface area contributed by atoms with Gasteiger partial charge in [0.2, 0.25) is 0 Å². The molecule has 8 nitrogen and oxygen atoms in total. The monoisotopic (exact) mass is 418 g/mol. The van der Waals surface area contributed by atoms with Gasteiger partial charge in [-0.25, -0.2) is 4.79 Å². The van der Waals surface area contributed by atoms with Crippen LogP contribution in [0.3, 0.4) is 0 Å². The molecule has 3 rings (SSSR count). The van der Waals surface area contributed by atoms with Gasteiger partial charge in [-0.15, -0.1) is 0 Å². The molecule has 31 heavy (non-hydrogen) atoms. The number of nitrogens with one attached hydrogen (secondary N) is 1. The fourth-order valence-electron chi connectivity index (χ4n) is 2.73. The fraction of sp³-hybridized carbons (Fsp3) is 0.0870. The minimum atomic E-state index is -0.716. The van der Waals surface area contributed by atoms with Crippen LogP contribution in [-0.2, 0) is 4.74 Å². The Kier molecular flexibility index (Phi) is 6.51. The second kappa shape index (κ2) is 9.45.